The normalized spacial score (nSPS) is 19.4. The lowest BCUT2D eigenvalue weighted by molar-refractivity contribution is 0.325. The van der Waals surface area contributed by atoms with Gasteiger partial charge in [0.05, 0.1) is 5.69 Å². The van der Waals surface area contributed by atoms with Gasteiger partial charge >= 0.3 is 0 Å². The largest absolute Gasteiger partial charge is 0.355 e. The Morgan fingerprint density at radius 2 is 2.20 bits per heavy atom. The van der Waals surface area contributed by atoms with Crippen LogP contribution in [0.3, 0.4) is 0 Å². The van der Waals surface area contributed by atoms with E-state index in [4.69, 9.17) is 10.7 Å². The minimum Gasteiger partial charge on any atom is -0.355 e. The predicted molar refractivity (Wildman–Crippen MR) is 85.7 cm³/mol. The van der Waals surface area contributed by atoms with Crippen LogP contribution in [0.4, 0.5) is 5.82 Å². The topological polar surface area (TPSA) is 46.6 Å². The van der Waals surface area contributed by atoms with Crippen LogP contribution in [0.2, 0.25) is 0 Å². The first-order valence-electron chi connectivity index (χ1n) is 7.50. The molecule has 0 saturated carbocycles. The van der Waals surface area contributed by atoms with E-state index in [9.17, 15) is 0 Å². The van der Waals surface area contributed by atoms with Crippen molar-refractivity contribution >= 4 is 22.1 Å². The Morgan fingerprint density at radius 3 is 3.00 bits per heavy atom. The van der Waals surface area contributed by atoms with E-state index in [0.29, 0.717) is 12.0 Å². The number of anilines is 1. The van der Waals surface area contributed by atoms with Crippen molar-refractivity contribution in [3.05, 3.63) is 17.3 Å². The molecular weight excluding hydrogens is 268 g/mol. The summed E-state index contributed by atoms with van der Waals surface area (Å²) in [6.07, 6.45) is 6.80. The molecule has 0 aliphatic carbocycles. The molecule has 1 aliphatic heterocycles. The highest BCUT2D eigenvalue weighted by molar-refractivity contribution is 7.15. The summed E-state index contributed by atoms with van der Waals surface area (Å²) in [4.78, 5) is 8.42. The van der Waals surface area contributed by atoms with Gasteiger partial charge in [-0.2, -0.15) is 0 Å². The van der Waals surface area contributed by atoms with Gasteiger partial charge in [0.25, 0.3) is 0 Å². The van der Waals surface area contributed by atoms with E-state index < -0.39 is 0 Å². The molecule has 5 heteroatoms. The van der Waals surface area contributed by atoms with Crippen LogP contribution in [-0.4, -0.2) is 29.0 Å². The maximum Gasteiger partial charge on any atom is 0.195 e. The lowest BCUT2D eigenvalue weighted by Gasteiger charge is -2.24. The fraction of sp³-hybridized carbons (Fsp3) is 0.667. The zero-order valence-electron chi connectivity index (χ0n) is 12.4. The third kappa shape index (κ3) is 2.56. The molecule has 3 heterocycles. The highest BCUT2D eigenvalue weighted by Crippen LogP contribution is 2.33. The molecule has 110 valence electrons. The van der Waals surface area contributed by atoms with Crippen molar-refractivity contribution in [2.45, 2.75) is 39.5 Å². The van der Waals surface area contributed by atoms with Crippen molar-refractivity contribution in [2.75, 3.05) is 24.5 Å². The van der Waals surface area contributed by atoms with Crippen molar-refractivity contribution in [3.63, 3.8) is 0 Å². The van der Waals surface area contributed by atoms with Crippen molar-refractivity contribution in [3.8, 4) is 0 Å². The molecule has 0 amide bonds. The van der Waals surface area contributed by atoms with E-state index in [-0.39, 0.29) is 0 Å². The van der Waals surface area contributed by atoms with E-state index in [0.717, 1.165) is 24.5 Å². The summed E-state index contributed by atoms with van der Waals surface area (Å²) >= 11 is 1.70. The van der Waals surface area contributed by atoms with Gasteiger partial charge in [-0.25, -0.2) is 4.98 Å². The van der Waals surface area contributed by atoms with Gasteiger partial charge in [-0.15, -0.1) is 11.3 Å². The third-order valence-electron chi connectivity index (χ3n) is 4.36. The molecule has 4 nitrogen and oxygen atoms in total. The lowest BCUT2D eigenvalue weighted by Crippen LogP contribution is -2.27. The summed E-state index contributed by atoms with van der Waals surface area (Å²) in [5.74, 6) is 1.17. The number of thiazole rings is 1. The van der Waals surface area contributed by atoms with Gasteiger partial charge in [0.15, 0.2) is 10.8 Å². The maximum atomic E-state index is 5.80. The van der Waals surface area contributed by atoms with Crippen LogP contribution < -0.4 is 10.6 Å². The second kappa shape index (κ2) is 5.37. The van der Waals surface area contributed by atoms with E-state index in [1.54, 1.807) is 11.3 Å². The molecular formula is C15H24N4S. The molecule has 0 aromatic carbocycles. The summed E-state index contributed by atoms with van der Waals surface area (Å²) in [5, 5.41) is 2.09. The molecule has 2 aromatic rings. The van der Waals surface area contributed by atoms with Gasteiger partial charge in [0, 0.05) is 31.1 Å². The average molecular weight is 292 g/mol. The molecule has 20 heavy (non-hydrogen) atoms. The summed E-state index contributed by atoms with van der Waals surface area (Å²) in [6, 6.07) is 0. The van der Waals surface area contributed by atoms with Crippen LogP contribution in [0.15, 0.2) is 11.6 Å². The van der Waals surface area contributed by atoms with E-state index >= 15 is 0 Å². The maximum absolute atomic E-state index is 5.80. The van der Waals surface area contributed by atoms with E-state index in [1.165, 1.54) is 30.8 Å². The molecule has 0 radical (unpaired) electrons. The number of fused-ring (bicyclic) bond motifs is 1. The van der Waals surface area contributed by atoms with Gasteiger partial charge in [-0.3, -0.25) is 4.40 Å². The van der Waals surface area contributed by atoms with Crippen molar-refractivity contribution in [1.29, 1.82) is 0 Å². The smallest absolute Gasteiger partial charge is 0.195 e. The van der Waals surface area contributed by atoms with Gasteiger partial charge in [0.1, 0.15) is 0 Å². The van der Waals surface area contributed by atoms with Crippen LogP contribution in [0.1, 0.15) is 38.8 Å². The Balaban J connectivity index is 1.92. The first kappa shape index (κ1) is 13.9. The number of nitrogens with two attached hydrogens (primary N) is 1. The number of hydrogen-bond acceptors (Lipinski definition) is 4. The number of nitrogens with zero attached hydrogens (tertiary/aromatic N) is 3. The minimum atomic E-state index is 0.458. The second-order valence-corrected chi connectivity index (χ2v) is 7.35. The van der Waals surface area contributed by atoms with Crippen LogP contribution >= 0.6 is 11.3 Å². The van der Waals surface area contributed by atoms with E-state index in [2.05, 4.69) is 34.7 Å². The molecule has 1 aliphatic rings. The molecule has 0 bridgehead atoms. The SMILES string of the molecule is CC1(C)CCCN(c2nc3sccn3c2CCN)CC1. The highest BCUT2D eigenvalue weighted by Gasteiger charge is 2.26. The summed E-state index contributed by atoms with van der Waals surface area (Å²) < 4.78 is 2.21. The fourth-order valence-electron chi connectivity index (χ4n) is 3.08. The molecule has 0 spiro atoms. The molecule has 2 N–H and O–H groups in total. The summed E-state index contributed by atoms with van der Waals surface area (Å²) in [5.41, 5.74) is 7.53. The second-order valence-electron chi connectivity index (χ2n) is 6.48. The molecule has 0 atom stereocenters. The highest BCUT2D eigenvalue weighted by atomic mass is 32.1. The predicted octanol–water partition coefficient (Wildman–Crippen LogP) is 2.91. The summed E-state index contributed by atoms with van der Waals surface area (Å²) in [7, 11) is 0. The van der Waals surface area contributed by atoms with Crippen LogP contribution in [-0.2, 0) is 6.42 Å². The average Bonchev–Trinajstić information content (AvgIpc) is 2.91. The molecule has 0 unspecified atom stereocenters. The van der Waals surface area contributed by atoms with Crippen molar-refractivity contribution < 1.29 is 0 Å². The Labute approximate surface area is 124 Å². The quantitative estimate of drug-likeness (QED) is 0.946. The Bertz CT molecular complexity index is 584. The van der Waals surface area contributed by atoms with Crippen LogP contribution in [0.5, 0.6) is 0 Å². The third-order valence-corrected chi connectivity index (χ3v) is 5.12. The van der Waals surface area contributed by atoms with E-state index in [1.807, 2.05) is 0 Å². The molecule has 1 fully saturated rings. The minimum absolute atomic E-state index is 0.458. The standard InChI is InChI=1S/C15H24N4S/c1-15(2)5-3-8-18(9-6-15)13-12(4-7-16)19-10-11-20-14(19)17-13/h10-11H,3-9,16H2,1-2H3. The van der Waals surface area contributed by atoms with Gasteiger partial charge in [-0.05, 0) is 31.2 Å². The first-order chi connectivity index (χ1) is 9.61. The Kier molecular flexibility index (Phi) is 3.73. The summed E-state index contributed by atoms with van der Waals surface area (Å²) in [6.45, 7) is 7.66. The number of hydrogen-bond donors (Lipinski definition) is 1. The molecule has 3 rings (SSSR count). The van der Waals surface area contributed by atoms with Crippen LogP contribution in [0.25, 0.3) is 4.96 Å². The Hall–Kier alpha value is -1.07. The molecule has 1 saturated heterocycles. The monoisotopic (exact) mass is 292 g/mol. The van der Waals surface area contributed by atoms with Crippen LogP contribution in [0, 0.1) is 5.41 Å². The Morgan fingerprint density at radius 1 is 1.35 bits per heavy atom. The van der Waals surface area contributed by atoms with Gasteiger partial charge < -0.3 is 10.6 Å². The van der Waals surface area contributed by atoms with Crippen molar-refractivity contribution in [1.82, 2.24) is 9.38 Å². The zero-order valence-corrected chi connectivity index (χ0v) is 13.2. The number of aromatic nitrogens is 2. The molecule has 2 aromatic heterocycles. The number of imidazole rings is 1. The first-order valence-corrected chi connectivity index (χ1v) is 8.38. The lowest BCUT2D eigenvalue weighted by atomic mass is 9.85. The number of rotatable bonds is 3. The van der Waals surface area contributed by atoms with Gasteiger partial charge in [0.2, 0.25) is 0 Å². The van der Waals surface area contributed by atoms with Gasteiger partial charge in [-0.1, -0.05) is 13.8 Å². The fourth-order valence-corrected chi connectivity index (χ4v) is 3.81. The van der Waals surface area contributed by atoms with Crippen molar-refractivity contribution in [2.24, 2.45) is 11.1 Å². The zero-order chi connectivity index (χ0) is 14.2.